The summed E-state index contributed by atoms with van der Waals surface area (Å²) in [5, 5.41) is 2.41. The Bertz CT molecular complexity index is 2130. The SMILES string of the molecule is C(#CC1(c2ccccc2)c2ccccc2-c2cccc(N(c3ccccc3)c3ccccc3)c21)c1ccc2ccccc2c1. The molecule has 44 heavy (non-hydrogen) atoms. The molecule has 0 amide bonds. The molecular weight excluding hydrogens is 530 g/mol. The van der Waals surface area contributed by atoms with E-state index in [0.29, 0.717) is 0 Å². The van der Waals surface area contributed by atoms with Gasteiger partial charge in [0, 0.05) is 22.5 Å². The van der Waals surface area contributed by atoms with Gasteiger partial charge in [-0.15, -0.1) is 0 Å². The van der Waals surface area contributed by atoms with Crippen molar-refractivity contribution in [1.82, 2.24) is 0 Å². The van der Waals surface area contributed by atoms with E-state index in [1.54, 1.807) is 0 Å². The minimum Gasteiger partial charge on any atom is -0.310 e. The Morgan fingerprint density at radius 1 is 0.455 bits per heavy atom. The van der Waals surface area contributed by atoms with Crippen LogP contribution in [0, 0.1) is 11.8 Å². The van der Waals surface area contributed by atoms with Crippen LogP contribution in [-0.4, -0.2) is 0 Å². The van der Waals surface area contributed by atoms with E-state index in [4.69, 9.17) is 0 Å². The predicted molar refractivity (Wildman–Crippen MR) is 184 cm³/mol. The van der Waals surface area contributed by atoms with Crippen molar-refractivity contribution in [2.24, 2.45) is 0 Å². The van der Waals surface area contributed by atoms with E-state index in [0.717, 1.165) is 28.2 Å². The van der Waals surface area contributed by atoms with Gasteiger partial charge in [-0.1, -0.05) is 145 Å². The van der Waals surface area contributed by atoms with Gasteiger partial charge in [-0.25, -0.2) is 0 Å². The predicted octanol–water partition coefficient (Wildman–Crippen LogP) is 10.7. The van der Waals surface area contributed by atoms with Crippen molar-refractivity contribution >= 4 is 27.8 Å². The highest BCUT2D eigenvalue weighted by Crippen LogP contribution is 2.57. The summed E-state index contributed by atoms with van der Waals surface area (Å²) in [7, 11) is 0. The van der Waals surface area contributed by atoms with Crippen LogP contribution in [0.2, 0.25) is 0 Å². The van der Waals surface area contributed by atoms with Crippen LogP contribution in [0.5, 0.6) is 0 Å². The van der Waals surface area contributed by atoms with Gasteiger partial charge in [0.1, 0.15) is 5.41 Å². The van der Waals surface area contributed by atoms with E-state index in [9.17, 15) is 0 Å². The Balaban J connectivity index is 1.46. The first-order chi connectivity index (χ1) is 21.8. The number of para-hydroxylation sites is 2. The molecule has 0 N–H and O–H groups in total. The van der Waals surface area contributed by atoms with E-state index in [-0.39, 0.29) is 0 Å². The zero-order chi connectivity index (χ0) is 29.3. The molecule has 0 saturated carbocycles. The van der Waals surface area contributed by atoms with Crippen LogP contribution in [0.25, 0.3) is 21.9 Å². The van der Waals surface area contributed by atoms with Crippen molar-refractivity contribution in [3.63, 3.8) is 0 Å². The number of nitrogens with zero attached hydrogens (tertiary/aromatic N) is 1. The van der Waals surface area contributed by atoms with Crippen LogP contribution in [0.3, 0.4) is 0 Å². The molecule has 7 aromatic rings. The second kappa shape index (κ2) is 10.8. The van der Waals surface area contributed by atoms with Crippen LogP contribution >= 0.6 is 0 Å². The number of anilines is 3. The number of rotatable bonds is 4. The maximum Gasteiger partial charge on any atom is 0.110 e. The number of benzene rings is 7. The molecule has 1 unspecified atom stereocenters. The van der Waals surface area contributed by atoms with Crippen LogP contribution < -0.4 is 4.90 Å². The molecule has 0 bridgehead atoms. The average Bonchev–Trinajstić information content (AvgIpc) is 3.40. The van der Waals surface area contributed by atoms with E-state index in [2.05, 4.69) is 193 Å². The molecule has 1 aliphatic rings. The summed E-state index contributed by atoms with van der Waals surface area (Å²) in [6.07, 6.45) is 0. The van der Waals surface area contributed by atoms with Gasteiger partial charge in [0.05, 0.1) is 5.69 Å². The lowest BCUT2D eigenvalue weighted by Crippen LogP contribution is -2.27. The third kappa shape index (κ3) is 4.20. The number of hydrogen-bond acceptors (Lipinski definition) is 1. The van der Waals surface area contributed by atoms with Crippen molar-refractivity contribution in [2.75, 3.05) is 4.90 Å². The minimum atomic E-state index is -0.697. The van der Waals surface area contributed by atoms with E-state index in [1.165, 1.54) is 33.0 Å². The van der Waals surface area contributed by atoms with E-state index >= 15 is 0 Å². The first-order valence-electron chi connectivity index (χ1n) is 15.0. The van der Waals surface area contributed by atoms with Crippen molar-refractivity contribution in [3.05, 3.63) is 198 Å². The fourth-order valence-corrected chi connectivity index (χ4v) is 6.73. The van der Waals surface area contributed by atoms with Crippen LogP contribution in [0.4, 0.5) is 17.1 Å². The lowest BCUT2D eigenvalue weighted by Gasteiger charge is -2.34. The number of hydrogen-bond donors (Lipinski definition) is 0. The molecule has 206 valence electrons. The molecule has 0 fully saturated rings. The Morgan fingerprint density at radius 3 is 1.77 bits per heavy atom. The van der Waals surface area contributed by atoms with Crippen molar-refractivity contribution in [1.29, 1.82) is 0 Å². The maximum absolute atomic E-state index is 3.93. The van der Waals surface area contributed by atoms with Gasteiger partial charge >= 0.3 is 0 Å². The molecule has 0 aliphatic heterocycles. The Labute approximate surface area is 258 Å². The van der Waals surface area contributed by atoms with Gasteiger partial charge in [-0.05, 0) is 75.5 Å². The third-order valence-corrected chi connectivity index (χ3v) is 8.66. The topological polar surface area (TPSA) is 3.24 Å². The van der Waals surface area contributed by atoms with Crippen molar-refractivity contribution in [3.8, 4) is 23.0 Å². The minimum absolute atomic E-state index is 0.697. The van der Waals surface area contributed by atoms with Gasteiger partial charge in [-0.3, -0.25) is 0 Å². The Hall–Kier alpha value is -5.84. The largest absolute Gasteiger partial charge is 0.310 e. The second-order valence-electron chi connectivity index (χ2n) is 11.2. The molecule has 1 heteroatoms. The van der Waals surface area contributed by atoms with Gasteiger partial charge in [0.25, 0.3) is 0 Å². The standard InChI is InChI=1S/C43H29N/c1-4-17-35(18-5-1)43(30-29-32-27-28-33-15-10-11-16-34(33)31-32)40-25-13-12-23-38(40)39-24-14-26-41(42(39)43)44(36-19-6-2-7-20-36)37-21-8-3-9-22-37/h1-28,31H. The third-order valence-electron chi connectivity index (χ3n) is 8.66. The summed E-state index contributed by atoms with van der Waals surface area (Å²) in [6.45, 7) is 0. The van der Waals surface area contributed by atoms with Crippen LogP contribution in [0.15, 0.2) is 176 Å². The monoisotopic (exact) mass is 559 g/mol. The Kier molecular flexibility index (Phi) is 6.33. The fraction of sp³-hybridized carbons (Fsp3) is 0.0233. The molecule has 1 atom stereocenters. The molecule has 0 radical (unpaired) electrons. The number of fused-ring (bicyclic) bond motifs is 4. The summed E-state index contributed by atoms with van der Waals surface area (Å²) < 4.78 is 0. The average molecular weight is 560 g/mol. The molecule has 0 spiro atoms. The van der Waals surface area contributed by atoms with E-state index < -0.39 is 5.41 Å². The van der Waals surface area contributed by atoms with Gasteiger partial charge in [-0.2, -0.15) is 0 Å². The fourth-order valence-electron chi connectivity index (χ4n) is 6.73. The summed E-state index contributed by atoms with van der Waals surface area (Å²) in [5.41, 5.74) is 9.65. The normalized spacial score (nSPS) is 14.7. The summed E-state index contributed by atoms with van der Waals surface area (Å²) in [5.74, 6) is 7.60. The quantitative estimate of drug-likeness (QED) is 0.194. The lowest BCUT2D eigenvalue weighted by atomic mass is 9.72. The molecule has 8 rings (SSSR count). The van der Waals surface area contributed by atoms with Crippen LogP contribution in [-0.2, 0) is 5.41 Å². The Morgan fingerprint density at radius 2 is 1.05 bits per heavy atom. The molecule has 7 aromatic carbocycles. The zero-order valence-electron chi connectivity index (χ0n) is 24.2. The zero-order valence-corrected chi connectivity index (χ0v) is 24.2. The molecule has 0 heterocycles. The highest BCUT2D eigenvalue weighted by molar-refractivity contribution is 5.94. The van der Waals surface area contributed by atoms with E-state index in [1.807, 2.05) is 0 Å². The maximum atomic E-state index is 3.93. The second-order valence-corrected chi connectivity index (χ2v) is 11.2. The van der Waals surface area contributed by atoms with Gasteiger partial charge in [0.15, 0.2) is 0 Å². The van der Waals surface area contributed by atoms with Gasteiger partial charge < -0.3 is 4.90 Å². The smallest absolute Gasteiger partial charge is 0.110 e. The van der Waals surface area contributed by atoms with Crippen LogP contribution in [0.1, 0.15) is 22.3 Å². The van der Waals surface area contributed by atoms with Crippen molar-refractivity contribution < 1.29 is 0 Å². The molecular formula is C43H29N. The summed E-state index contributed by atoms with van der Waals surface area (Å²) >= 11 is 0. The highest BCUT2D eigenvalue weighted by Gasteiger charge is 2.46. The molecule has 1 nitrogen and oxygen atoms in total. The first kappa shape index (κ1) is 25.8. The molecule has 0 aromatic heterocycles. The first-order valence-corrected chi connectivity index (χ1v) is 15.0. The van der Waals surface area contributed by atoms with Gasteiger partial charge in [0.2, 0.25) is 0 Å². The lowest BCUT2D eigenvalue weighted by molar-refractivity contribution is 0.835. The molecule has 1 aliphatic carbocycles. The highest BCUT2D eigenvalue weighted by atomic mass is 15.1. The van der Waals surface area contributed by atoms with Crippen molar-refractivity contribution in [2.45, 2.75) is 5.41 Å². The molecule has 0 saturated heterocycles. The summed E-state index contributed by atoms with van der Waals surface area (Å²) in [4.78, 5) is 2.38. The summed E-state index contributed by atoms with van der Waals surface area (Å²) in [6, 6.07) is 62.5.